The quantitative estimate of drug-likeness (QED) is 0.660. The number of benzene rings is 2. The van der Waals surface area contributed by atoms with E-state index in [4.69, 9.17) is 16.3 Å². The van der Waals surface area contributed by atoms with Gasteiger partial charge in [-0.3, -0.25) is 9.59 Å². The molecule has 5 nitrogen and oxygen atoms in total. The summed E-state index contributed by atoms with van der Waals surface area (Å²) in [5.41, 5.74) is 2.05. The number of hydrogen-bond donors (Lipinski definition) is 1. The van der Waals surface area contributed by atoms with E-state index in [0.29, 0.717) is 17.3 Å². The second-order valence-electron chi connectivity index (χ2n) is 7.22. The molecule has 2 aromatic rings. The first-order chi connectivity index (χ1) is 13.8. The summed E-state index contributed by atoms with van der Waals surface area (Å²) in [5, 5.41) is 3.39. The van der Waals surface area contributed by atoms with Crippen molar-refractivity contribution in [2.24, 2.45) is 0 Å². The van der Waals surface area contributed by atoms with Crippen LogP contribution >= 0.6 is 11.6 Å². The van der Waals surface area contributed by atoms with Gasteiger partial charge in [-0.1, -0.05) is 60.5 Å². The standard InChI is InChI=1S/C23H29ClN2O3/c1-5-17(3)25-23(28)18(4)26(14-19-10-8-9-16(2)13-19)22(27)15-29-21-12-7-6-11-20(21)24/h6-13,17-18H,5,14-15H2,1-4H3,(H,25,28)/t17-,18+/m0/s1. The zero-order valence-corrected chi connectivity index (χ0v) is 18.2. The molecule has 0 unspecified atom stereocenters. The maximum Gasteiger partial charge on any atom is 0.261 e. The Hall–Kier alpha value is -2.53. The molecule has 0 saturated heterocycles. The molecular formula is C23H29ClN2O3. The zero-order chi connectivity index (χ0) is 21.4. The number of halogens is 1. The number of amides is 2. The van der Waals surface area contributed by atoms with Crippen molar-refractivity contribution in [2.45, 2.75) is 52.7 Å². The van der Waals surface area contributed by atoms with Crippen LogP contribution in [-0.2, 0) is 16.1 Å². The summed E-state index contributed by atoms with van der Waals surface area (Å²) < 4.78 is 5.62. The molecule has 0 aliphatic rings. The van der Waals surface area contributed by atoms with Gasteiger partial charge < -0.3 is 15.0 Å². The first-order valence-corrected chi connectivity index (χ1v) is 10.2. The highest BCUT2D eigenvalue weighted by atomic mass is 35.5. The molecule has 0 aliphatic heterocycles. The molecule has 156 valence electrons. The van der Waals surface area contributed by atoms with E-state index in [-0.39, 0.29) is 24.5 Å². The Morgan fingerprint density at radius 1 is 1.14 bits per heavy atom. The van der Waals surface area contributed by atoms with Crippen LogP contribution < -0.4 is 10.1 Å². The van der Waals surface area contributed by atoms with Gasteiger partial charge in [-0.2, -0.15) is 0 Å². The van der Waals surface area contributed by atoms with Gasteiger partial charge in [0, 0.05) is 12.6 Å². The zero-order valence-electron chi connectivity index (χ0n) is 17.4. The number of para-hydroxylation sites is 1. The third-order valence-corrected chi connectivity index (χ3v) is 5.10. The average molecular weight is 417 g/mol. The van der Waals surface area contributed by atoms with Gasteiger partial charge in [0.25, 0.3) is 5.91 Å². The molecule has 0 fully saturated rings. The van der Waals surface area contributed by atoms with E-state index in [2.05, 4.69) is 5.32 Å². The Morgan fingerprint density at radius 2 is 1.86 bits per heavy atom. The van der Waals surface area contributed by atoms with E-state index in [1.807, 2.05) is 45.0 Å². The highest BCUT2D eigenvalue weighted by Crippen LogP contribution is 2.23. The molecule has 1 N–H and O–H groups in total. The minimum absolute atomic E-state index is 0.0419. The van der Waals surface area contributed by atoms with Gasteiger partial charge in [0.15, 0.2) is 6.61 Å². The Labute approximate surface area is 178 Å². The molecular weight excluding hydrogens is 388 g/mol. The lowest BCUT2D eigenvalue weighted by atomic mass is 10.1. The molecule has 0 aromatic heterocycles. The average Bonchev–Trinajstić information content (AvgIpc) is 2.70. The van der Waals surface area contributed by atoms with Crippen LogP contribution in [-0.4, -0.2) is 35.4 Å². The summed E-state index contributed by atoms with van der Waals surface area (Å²) in [6, 6.07) is 14.3. The molecule has 0 radical (unpaired) electrons. The monoisotopic (exact) mass is 416 g/mol. The van der Waals surface area contributed by atoms with Crippen LogP contribution in [0.4, 0.5) is 0 Å². The van der Waals surface area contributed by atoms with Crippen LogP contribution in [0.25, 0.3) is 0 Å². The molecule has 29 heavy (non-hydrogen) atoms. The van der Waals surface area contributed by atoms with E-state index in [0.717, 1.165) is 17.5 Å². The first-order valence-electron chi connectivity index (χ1n) is 9.84. The van der Waals surface area contributed by atoms with Crippen LogP contribution in [0.15, 0.2) is 48.5 Å². The van der Waals surface area contributed by atoms with Crippen LogP contribution in [0.5, 0.6) is 5.75 Å². The first kappa shape index (κ1) is 22.8. The fourth-order valence-electron chi connectivity index (χ4n) is 2.84. The van der Waals surface area contributed by atoms with E-state index < -0.39 is 6.04 Å². The summed E-state index contributed by atoms with van der Waals surface area (Å²) in [7, 11) is 0. The molecule has 2 amide bonds. The maximum absolute atomic E-state index is 13.0. The summed E-state index contributed by atoms with van der Waals surface area (Å²) >= 11 is 6.11. The van der Waals surface area contributed by atoms with Crippen molar-refractivity contribution in [3.05, 3.63) is 64.7 Å². The highest BCUT2D eigenvalue weighted by Gasteiger charge is 2.27. The van der Waals surface area contributed by atoms with Crippen molar-refractivity contribution in [2.75, 3.05) is 6.61 Å². The van der Waals surface area contributed by atoms with Crippen LogP contribution in [0, 0.1) is 6.92 Å². The van der Waals surface area contributed by atoms with Crippen molar-refractivity contribution in [1.82, 2.24) is 10.2 Å². The summed E-state index contributed by atoms with van der Waals surface area (Å²) in [5.74, 6) is -0.0222. The number of aryl methyl sites for hydroxylation is 1. The fraction of sp³-hybridized carbons (Fsp3) is 0.391. The number of hydrogen-bond acceptors (Lipinski definition) is 3. The van der Waals surface area contributed by atoms with Gasteiger partial charge in [-0.05, 0) is 44.9 Å². The predicted molar refractivity (Wildman–Crippen MR) is 116 cm³/mol. The Bertz CT molecular complexity index is 840. The third kappa shape index (κ3) is 6.79. The minimum atomic E-state index is -0.633. The SMILES string of the molecule is CC[C@H](C)NC(=O)[C@@H](C)N(Cc1cccc(C)c1)C(=O)COc1ccccc1Cl. The molecule has 0 heterocycles. The number of rotatable bonds is 9. The van der Waals surface area contributed by atoms with Crippen molar-refractivity contribution in [3.63, 3.8) is 0 Å². The van der Waals surface area contributed by atoms with Gasteiger partial charge in [-0.25, -0.2) is 0 Å². The normalized spacial score (nSPS) is 12.7. The number of nitrogens with zero attached hydrogens (tertiary/aromatic N) is 1. The van der Waals surface area contributed by atoms with Gasteiger partial charge >= 0.3 is 0 Å². The van der Waals surface area contributed by atoms with Gasteiger partial charge in [0.1, 0.15) is 11.8 Å². The van der Waals surface area contributed by atoms with Crippen molar-refractivity contribution >= 4 is 23.4 Å². The summed E-state index contributed by atoms with van der Waals surface area (Å²) in [6.45, 7) is 7.80. The highest BCUT2D eigenvalue weighted by molar-refractivity contribution is 6.32. The van der Waals surface area contributed by atoms with Crippen molar-refractivity contribution in [1.29, 1.82) is 0 Å². The lowest BCUT2D eigenvalue weighted by Gasteiger charge is -2.29. The van der Waals surface area contributed by atoms with E-state index in [1.54, 1.807) is 36.1 Å². The molecule has 0 aliphatic carbocycles. The van der Waals surface area contributed by atoms with E-state index in [1.165, 1.54) is 0 Å². The van der Waals surface area contributed by atoms with Crippen LogP contribution in [0.1, 0.15) is 38.3 Å². The molecule has 2 aromatic carbocycles. The number of carbonyl (C=O) groups is 2. The number of carbonyl (C=O) groups excluding carboxylic acids is 2. The van der Waals surface area contributed by atoms with E-state index in [9.17, 15) is 9.59 Å². The van der Waals surface area contributed by atoms with Crippen molar-refractivity contribution < 1.29 is 14.3 Å². The van der Waals surface area contributed by atoms with Gasteiger partial charge in [0.2, 0.25) is 5.91 Å². The molecule has 0 bridgehead atoms. The lowest BCUT2D eigenvalue weighted by molar-refractivity contribution is -0.142. The van der Waals surface area contributed by atoms with Crippen LogP contribution in [0.3, 0.4) is 0 Å². The topological polar surface area (TPSA) is 58.6 Å². The number of ether oxygens (including phenoxy) is 1. The minimum Gasteiger partial charge on any atom is -0.482 e. The third-order valence-electron chi connectivity index (χ3n) is 4.79. The molecule has 0 spiro atoms. The lowest BCUT2D eigenvalue weighted by Crippen LogP contribution is -2.50. The predicted octanol–water partition coefficient (Wildman–Crippen LogP) is 4.36. The largest absolute Gasteiger partial charge is 0.482 e. The summed E-state index contributed by atoms with van der Waals surface area (Å²) in [6.07, 6.45) is 0.819. The van der Waals surface area contributed by atoms with Gasteiger partial charge in [-0.15, -0.1) is 0 Å². The number of nitrogens with one attached hydrogen (secondary N) is 1. The Kier molecular flexibility index (Phi) is 8.52. The molecule has 0 saturated carbocycles. The second kappa shape index (κ2) is 10.9. The second-order valence-corrected chi connectivity index (χ2v) is 7.63. The van der Waals surface area contributed by atoms with Gasteiger partial charge in [0.05, 0.1) is 5.02 Å². The fourth-order valence-corrected chi connectivity index (χ4v) is 3.03. The Morgan fingerprint density at radius 3 is 2.52 bits per heavy atom. The van der Waals surface area contributed by atoms with Crippen LogP contribution in [0.2, 0.25) is 5.02 Å². The molecule has 2 atom stereocenters. The van der Waals surface area contributed by atoms with E-state index >= 15 is 0 Å². The molecule has 2 rings (SSSR count). The van der Waals surface area contributed by atoms with Crippen molar-refractivity contribution in [3.8, 4) is 5.75 Å². The maximum atomic E-state index is 13.0. The molecule has 6 heteroatoms. The summed E-state index contributed by atoms with van der Waals surface area (Å²) in [4.78, 5) is 27.2. The smallest absolute Gasteiger partial charge is 0.261 e. The Balaban J connectivity index is 2.17.